The van der Waals surface area contributed by atoms with Crippen molar-refractivity contribution in [2.24, 2.45) is 0 Å². The van der Waals surface area contributed by atoms with Gasteiger partial charge in [0.1, 0.15) is 0 Å². The molecule has 2 nitrogen and oxygen atoms in total. The van der Waals surface area contributed by atoms with Gasteiger partial charge >= 0.3 is 0 Å². The van der Waals surface area contributed by atoms with Crippen LogP contribution in [0.4, 0.5) is 0 Å². The Bertz CT molecular complexity index is 337. The predicted molar refractivity (Wildman–Crippen MR) is 74.5 cm³/mol. The summed E-state index contributed by atoms with van der Waals surface area (Å²) in [7, 11) is 0. The second-order valence-corrected chi connectivity index (χ2v) is 6.40. The molecule has 4 atom stereocenters. The van der Waals surface area contributed by atoms with Crippen molar-refractivity contribution < 1.29 is 0 Å². The number of hydrogen-bond acceptors (Lipinski definition) is 2. The van der Waals surface area contributed by atoms with E-state index in [1.165, 1.54) is 51.6 Å². The summed E-state index contributed by atoms with van der Waals surface area (Å²) >= 11 is 0. The van der Waals surface area contributed by atoms with Gasteiger partial charge in [-0.05, 0) is 38.5 Å². The van der Waals surface area contributed by atoms with Crippen LogP contribution in [0.25, 0.3) is 0 Å². The van der Waals surface area contributed by atoms with Crippen LogP contribution >= 0.6 is 0 Å². The number of fused-ring (bicyclic) bond motifs is 4. The van der Waals surface area contributed by atoms with Gasteiger partial charge in [0.2, 0.25) is 0 Å². The van der Waals surface area contributed by atoms with Gasteiger partial charge in [-0.25, -0.2) is 0 Å². The minimum Gasteiger partial charge on any atom is -0.292 e. The maximum absolute atomic E-state index is 2.78. The maximum Gasteiger partial charge on any atom is 0.0282 e. The van der Waals surface area contributed by atoms with Crippen molar-refractivity contribution in [3.63, 3.8) is 0 Å². The van der Waals surface area contributed by atoms with Crippen LogP contribution < -0.4 is 0 Å². The Balaban J connectivity index is 1.39. The molecule has 0 aromatic carbocycles. The fourth-order valence-corrected chi connectivity index (χ4v) is 4.56. The highest BCUT2D eigenvalue weighted by Crippen LogP contribution is 2.34. The van der Waals surface area contributed by atoms with Crippen LogP contribution in [-0.2, 0) is 0 Å². The number of nitrogens with zero attached hydrogens (tertiary/aromatic N) is 2. The number of rotatable bonds is 3. The Kier molecular flexibility index (Phi) is 2.81. The van der Waals surface area contributed by atoms with Gasteiger partial charge in [-0.2, -0.15) is 0 Å². The van der Waals surface area contributed by atoms with E-state index in [9.17, 15) is 0 Å². The first kappa shape index (κ1) is 11.2. The van der Waals surface area contributed by atoms with E-state index in [-0.39, 0.29) is 0 Å². The molecule has 0 amide bonds. The summed E-state index contributed by atoms with van der Waals surface area (Å²) < 4.78 is 0. The van der Waals surface area contributed by atoms with Crippen molar-refractivity contribution in [1.29, 1.82) is 0 Å². The van der Waals surface area contributed by atoms with Gasteiger partial charge in [-0.1, -0.05) is 24.3 Å². The van der Waals surface area contributed by atoms with Crippen molar-refractivity contribution in [2.75, 3.05) is 13.1 Å². The molecule has 2 fully saturated rings. The van der Waals surface area contributed by atoms with Crippen molar-refractivity contribution >= 4 is 0 Å². The monoisotopic (exact) mass is 244 g/mol. The van der Waals surface area contributed by atoms with Gasteiger partial charge in [0.25, 0.3) is 0 Å². The standard InChI is InChI=1S/C16H24N2/c1-3-13-7-8-14(4-1)17(13)11-12-18-15-5-2-6-16(18)10-9-15/h1-3,5,13-16H,4,6-12H2/t13-,14-,15+,16+. The first-order valence-electron chi connectivity index (χ1n) is 7.76. The molecular weight excluding hydrogens is 220 g/mol. The Morgan fingerprint density at radius 1 is 0.722 bits per heavy atom. The molecule has 0 unspecified atom stereocenters. The van der Waals surface area contributed by atoms with E-state index in [0.29, 0.717) is 0 Å². The van der Waals surface area contributed by atoms with Crippen LogP contribution in [-0.4, -0.2) is 47.1 Å². The molecule has 0 aromatic rings. The zero-order valence-corrected chi connectivity index (χ0v) is 11.2. The van der Waals surface area contributed by atoms with E-state index in [2.05, 4.69) is 34.1 Å². The fourth-order valence-electron chi connectivity index (χ4n) is 4.56. The average Bonchev–Trinajstić information content (AvgIpc) is 2.74. The largest absolute Gasteiger partial charge is 0.292 e. The smallest absolute Gasteiger partial charge is 0.0282 e. The molecule has 0 radical (unpaired) electrons. The summed E-state index contributed by atoms with van der Waals surface area (Å²) in [5.74, 6) is 0. The van der Waals surface area contributed by atoms with Crippen LogP contribution in [0.3, 0.4) is 0 Å². The Morgan fingerprint density at radius 2 is 1.22 bits per heavy atom. The minimum absolute atomic E-state index is 0.765. The highest BCUT2D eigenvalue weighted by Gasteiger charge is 2.37. The van der Waals surface area contributed by atoms with Gasteiger partial charge in [0.05, 0.1) is 0 Å². The van der Waals surface area contributed by atoms with Gasteiger partial charge in [0, 0.05) is 37.3 Å². The normalized spacial score (nSPS) is 42.9. The molecule has 0 aromatic heterocycles. The molecule has 4 aliphatic heterocycles. The Labute approximate surface area is 110 Å². The van der Waals surface area contributed by atoms with Crippen molar-refractivity contribution in [1.82, 2.24) is 9.80 Å². The van der Waals surface area contributed by atoms with E-state index in [0.717, 1.165) is 24.2 Å². The van der Waals surface area contributed by atoms with Crippen molar-refractivity contribution in [2.45, 2.75) is 62.7 Å². The van der Waals surface area contributed by atoms with Gasteiger partial charge in [0.15, 0.2) is 0 Å². The van der Waals surface area contributed by atoms with E-state index in [1.807, 2.05) is 0 Å². The fraction of sp³-hybridized carbons (Fsp3) is 0.750. The lowest BCUT2D eigenvalue weighted by Gasteiger charge is -2.36. The van der Waals surface area contributed by atoms with Crippen LogP contribution in [0, 0.1) is 0 Å². The zero-order chi connectivity index (χ0) is 11.9. The molecule has 2 saturated heterocycles. The molecule has 4 heterocycles. The van der Waals surface area contributed by atoms with Gasteiger partial charge in [-0.3, -0.25) is 9.80 Å². The lowest BCUT2D eigenvalue weighted by Crippen LogP contribution is -2.46. The molecule has 0 saturated carbocycles. The minimum atomic E-state index is 0.765. The first-order chi connectivity index (χ1) is 8.92. The maximum atomic E-state index is 2.78. The summed E-state index contributed by atoms with van der Waals surface area (Å²) in [5.41, 5.74) is 0. The predicted octanol–water partition coefficient (Wildman–Crippen LogP) is 2.57. The molecule has 18 heavy (non-hydrogen) atoms. The zero-order valence-electron chi connectivity index (χ0n) is 11.2. The number of hydrogen-bond donors (Lipinski definition) is 0. The van der Waals surface area contributed by atoms with Crippen molar-refractivity contribution in [3.8, 4) is 0 Å². The second kappa shape index (κ2) is 4.50. The molecule has 4 aliphatic rings. The topological polar surface area (TPSA) is 6.48 Å². The summed E-state index contributed by atoms with van der Waals surface area (Å²) in [6.45, 7) is 2.58. The lowest BCUT2D eigenvalue weighted by molar-refractivity contribution is 0.142. The van der Waals surface area contributed by atoms with Crippen molar-refractivity contribution in [3.05, 3.63) is 24.3 Å². The van der Waals surface area contributed by atoms with Gasteiger partial charge < -0.3 is 0 Å². The average molecular weight is 244 g/mol. The summed E-state index contributed by atoms with van der Waals surface area (Å²) in [6.07, 6.45) is 17.9. The Morgan fingerprint density at radius 3 is 1.67 bits per heavy atom. The third-order valence-corrected chi connectivity index (χ3v) is 5.53. The Hall–Kier alpha value is -0.600. The van der Waals surface area contributed by atoms with Crippen LogP contribution in [0.15, 0.2) is 24.3 Å². The molecule has 0 aliphatic carbocycles. The summed E-state index contributed by atoms with van der Waals surface area (Å²) in [4.78, 5) is 5.55. The van der Waals surface area contributed by atoms with Gasteiger partial charge in [-0.15, -0.1) is 0 Å². The highest BCUT2D eigenvalue weighted by atomic mass is 15.3. The molecule has 4 rings (SSSR count). The van der Waals surface area contributed by atoms with E-state index < -0.39 is 0 Å². The highest BCUT2D eigenvalue weighted by molar-refractivity contribution is 5.10. The molecule has 0 spiro atoms. The van der Waals surface area contributed by atoms with Crippen LogP contribution in [0.1, 0.15) is 38.5 Å². The molecular formula is C16H24N2. The van der Waals surface area contributed by atoms with E-state index in [4.69, 9.17) is 0 Å². The third kappa shape index (κ3) is 1.78. The third-order valence-electron chi connectivity index (χ3n) is 5.53. The van der Waals surface area contributed by atoms with E-state index >= 15 is 0 Å². The first-order valence-corrected chi connectivity index (χ1v) is 7.76. The summed E-state index contributed by atoms with van der Waals surface area (Å²) in [5, 5.41) is 0. The second-order valence-electron chi connectivity index (χ2n) is 6.40. The van der Waals surface area contributed by atoms with Crippen LogP contribution in [0.5, 0.6) is 0 Å². The SMILES string of the molecule is C1=C[C@@H]2CC[C@@H](C1)N2CCN1[C@H]2CC=C[C@H]1CC2. The molecule has 0 N–H and O–H groups in total. The molecule has 4 bridgehead atoms. The molecule has 2 heteroatoms. The van der Waals surface area contributed by atoms with Crippen LogP contribution in [0.2, 0.25) is 0 Å². The van der Waals surface area contributed by atoms with E-state index in [1.54, 1.807) is 0 Å². The summed E-state index contributed by atoms with van der Waals surface area (Å²) in [6, 6.07) is 3.25. The lowest BCUT2D eigenvalue weighted by atomic mass is 10.1. The molecule has 98 valence electrons. The quantitative estimate of drug-likeness (QED) is 0.704.